The first kappa shape index (κ1) is 17.1. The van der Waals surface area contributed by atoms with E-state index in [1.165, 1.54) is 0 Å². The van der Waals surface area contributed by atoms with Gasteiger partial charge in [-0.15, -0.1) is 0 Å². The van der Waals surface area contributed by atoms with Crippen molar-refractivity contribution >= 4 is 23.5 Å². The molecule has 0 aliphatic carbocycles. The molecule has 0 heterocycles. The monoisotopic (exact) mass is 344 g/mol. The molecule has 0 spiro atoms. The van der Waals surface area contributed by atoms with Crippen LogP contribution < -0.4 is 0 Å². The van der Waals surface area contributed by atoms with Crippen LogP contribution in [0.3, 0.4) is 0 Å². The first-order chi connectivity index (χ1) is 11.3. The van der Waals surface area contributed by atoms with Crippen molar-refractivity contribution in [3.63, 3.8) is 0 Å². The summed E-state index contributed by atoms with van der Waals surface area (Å²) in [5.74, 6) is -13.2. The van der Waals surface area contributed by atoms with Crippen LogP contribution >= 0.6 is 0 Å². The van der Waals surface area contributed by atoms with Gasteiger partial charge in [-0.05, 0) is 12.1 Å². The molecule has 0 saturated carbocycles. The molecule has 0 saturated heterocycles. The Kier molecular flexibility index (Phi) is 4.64. The topological polar surface area (TPSA) is 58.9 Å². The van der Waals surface area contributed by atoms with Crippen LogP contribution in [0.2, 0.25) is 0 Å². The molecule has 10 heteroatoms. The normalized spacial score (nSPS) is 10.1. The maximum absolute atomic E-state index is 14.3. The number of rotatable bonds is 3. The first-order valence-electron chi connectivity index (χ1n) is 5.85. The molecule has 0 aliphatic heterocycles. The lowest BCUT2D eigenvalue weighted by atomic mass is 10.0. The van der Waals surface area contributed by atoms with E-state index in [-0.39, 0.29) is 0 Å². The molecule has 0 bridgehead atoms. The summed E-state index contributed by atoms with van der Waals surface area (Å²) in [6.45, 7) is 0. The van der Waals surface area contributed by atoms with Crippen molar-refractivity contribution in [1.29, 1.82) is 0 Å². The molecule has 0 fully saturated rings. The van der Waals surface area contributed by atoms with Gasteiger partial charge in [-0.3, -0.25) is 0 Å². The number of aliphatic imine (C=N–C) groups is 2. The van der Waals surface area contributed by atoms with Gasteiger partial charge in [-0.1, -0.05) is 0 Å². The second kappa shape index (κ2) is 6.49. The Morgan fingerprint density at radius 2 is 1.17 bits per heavy atom. The van der Waals surface area contributed by atoms with E-state index < -0.39 is 57.4 Å². The molecule has 0 amide bonds. The van der Waals surface area contributed by atoms with Crippen LogP contribution in [-0.2, 0) is 9.59 Å². The van der Waals surface area contributed by atoms with E-state index in [4.69, 9.17) is 0 Å². The summed E-state index contributed by atoms with van der Waals surface area (Å²) in [6, 6.07) is 1.38. The van der Waals surface area contributed by atoms with E-state index in [9.17, 15) is 35.9 Å². The molecular weight excluding hydrogens is 342 g/mol. The second-order valence-corrected chi connectivity index (χ2v) is 4.15. The maximum atomic E-state index is 14.3. The van der Waals surface area contributed by atoms with E-state index in [1.807, 2.05) is 0 Å². The van der Waals surface area contributed by atoms with Gasteiger partial charge in [0.05, 0.1) is 5.56 Å². The SMILES string of the molecule is O=C=Nc1ccc(-c2c(F)c(F)c(F)c(F)c2F)c(F)c1N=C=O. The highest BCUT2D eigenvalue weighted by Gasteiger charge is 2.29. The smallest absolute Gasteiger partial charge is 0.211 e. The third kappa shape index (κ3) is 2.60. The molecular formula is C14H2F6N2O2. The highest BCUT2D eigenvalue weighted by molar-refractivity contribution is 5.78. The zero-order chi connectivity index (χ0) is 18.0. The van der Waals surface area contributed by atoms with Crippen molar-refractivity contribution in [2.24, 2.45) is 9.98 Å². The predicted molar refractivity (Wildman–Crippen MR) is 67.2 cm³/mol. The van der Waals surface area contributed by atoms with Gasteiger partial charge in [0.15, 0.2) is 29.1 Å². The summed E-state index contributed by atoms with van der Waals surface area (Å²) in [6.07, 6.45) is 1.93. The molecule has 0 unspecified atom stereocenters. The minimum absolute atomic E-state index is 0.557. The van der Waals surface area contributed by atoms with E-state index in [1.54, 1.807) is 0 Å². The van der Waals surface area contributed by atoms with Crippen LogP contribution in [0.25, 0.3) is 11.1 Å². The Balaban J connectivity index is 2.92. The van der Waals surface area contributed by atoms with E-state index >= 15 is 0 Å². The second-order valence-electron chi connectivity index (χ2n) is 4.15. The van der Waals surface area contributed by atoms with Crippen LogP contribution in [0.5, 0.6) is 0 Å². The number of halogens is 6. The fourth-order valence-electron chi connectivity index (χ4n) is 1.88. The summed E-state index contributed by atoms with van der Waals surface area (Å²) in [4.78, 5) is 26.4. The summed E-state index contributed by atoms with van der Waals surface area (Å²) < 4.78 is 81.3. The molecule has 0 aromatic heterocycles. The van der Waals surface area contributed by atoms with Gasteiger partial charge in [-0.25, -0.2) is 35.9 Å². The fourth-order valence-corrected chi connectivity index (χ4v) is 1.88. The standard InChI is InChI=1S/C14H2F6N2O2/c15-8-5(1-2-6(21-3-23)14(8)22-4-24)7-9(16)11(18)13(20)12(19)10(7)17/h1-2H. The minimum Gasteiger partial charge on any atom is -0.211 e. The summed E-state index contributed by atoms with van der Waals surface area (Å²) in [7, 11) is 0. The van der Waals surface area contributed by atoms with Crippen molar-refractivity contribution in [1.82, 2.24) is 0 Å². The van der Waals surface area contributed by atoms with Crippen LogP contribution in [-0.4, -0.2) is 12.2 Å². The molecule has 0 atom stereocenters. The van der Waals surface area contributed by atoms with Crippen molar-refractivity contribution in [3.8, 4) is 11.1 Å². The van der Waals surface area contributed by atoms with E-state index in [0.29, 0.717) is 6.07 Å². The van der Waals surface area contributed by atoms with Crippen molar-refractivity contribution in [3.05, 3.63) is 47.0 Å². The van der Waals surface area contributed by atoms with Gasteiger partial charge in [0.2, 0.25) is 18.0 Å². The molecule has 2 aromatic rings. The lowest BCUT2D eigenvalue weighted by Gasteiger charge is -2.11. The highest BCUT2D eigenvalue weighted by Crippen LogP contribution is 2.40. The lowest BCUT2D eigenvalue weighted by molar-refractivity contribution is 0.381. The van der Waals surface area contributed by atoms with E-state index in [0.717, 1.165) is 18.2 Å². The molecule has 2 rings (SSSR count). The van der Waals surface area contributed by atoms with Crippen molar-refractivity contribution in [2.75, 3.05) is 0 Å². The summed E-state index contributed by atoms with van der Waals surface area (Å²) in [5.41, 5.74) is -4.18. The quantitative estimate of drug-likeness (QED) is 0.276. The number of hydrogen-bond donors (Lipinski definition) is 0. The van der Waals surface area contributed by atoms with Crippen LogP contribution in [0.1, 0.15) is 0 Å². The molecule has 4 nitrogen and oxygen atoms in total. The average molecular weight is 344 g/mol. The van der Waals surface area contributed by atoms with Gasteiger partial charge < -0.3 is 0 Å². The number of isocyanates is 2. The number of hydrogen-bond acceptors (Lipinski definition) is 4. The zero-order valence-electron chi connectivity index (χ0n) is 11.1. The lowest BCUT2D eigenvalue weighted by Crippen LogP contribution is -2.05. The Morgan fingerprint density at radius 1 is 0.667 bits per heavy atom. The third-order valence-electron chi connectivity index (χ3n) is 2.90. The Morgan fingerprint density at radius 3 is 1.67 bits per heavy atom. The molecule has 0 aliphatic rings. The summed E-state index contributed by atoms with van der Waals surface area (Å²) in [5, 5.41) is 0. The van der Waals surface area contributed by atoms with Gasteiger partial charge in [0, 0.05) is 5.56 Å². The predicted octanol–water partition coefficient (Wildman–Crippen LogP) is 4.12. The summed E-state index contributed by atoms with van der Waals surface area (Å²) >= 11 is 0. The minimum atomic E-state index is -2.41. The van der Waals surface area contributed by atoms with Gasteiger partial charge in [-0.2, -0.15) is 9.98 Å². The van der Waals surface area contributed by atoms with Gasteiger partial charge in [0.25, 0.3) is 0 Å². The number of carbonyl (C=O) groups excluding carboxylic acids is 2. The average Bonchev–Trinajstić information content (AvgIpc) is 2.56. The Labute approximate surface area is 128 Å². The highest BCUT2D eigenvalue weighted by atomic mass is 19.2. The first-order valence-corrected chi connectivity index (χ1v) is 5.85. The van der Waals surface area contributed by atoms with E-state index in [2.05, 4.69) is 9.98 Å². The van der Waals surface area contributed by atoms with Crippen molar-refractivity contribution in [2.45, 2.75) is 0 Å². The Hall–Kier alpha value is -3.22. The van der Waals surface area contributed by atoms with Crippen LogP contribution in [0.15, 0.2) is 22.1 Å². The van der Waals surface area contributed by atoms with Crippen LogP contribution in [0, 0.1) is 34.9 Å². The number of nitrogens with zero attached hydrogens (tertiary/aromatic N) is 2. The molecule has 0 N–H and O–H groups in total. The van der Waals surface area contributed by atoms with Gasteiger partial charge >= 0.3 is 0 Å². The van der Waals surface area contributed by atoms with Gasteiger partial charge in [0.1, 0.15) is 11.4 Å². The van der Waals surface area contributed by atoms with Crippen molar-refractivity contribution < 1.29 is 35.9 Å². The fraction of sp³-hybridized carbons (Fsp3) is 0. The molecule has 24 heavy (non-hydrogen) atoms. The molecule has 2 aromatic carbocycles. The zero-order valence-corrected chi connectivity index (χ0v) is 11.1. The maximum Gasteiger partial charge on any atom is 0.240 e. The molecule has 0 radical (unpaired) electrons. The number of benzene rings is 2. The Bertz CT molecular complexity index is 918. The third-order valence-corrected chi connectivity index (χ3v) is 2.90. The molecule has 122 valence electrons. The van der Waals surface area contributed by atoms with Crippen LogP contribution in [0.4, 0.5) is 37.7 Å². The largest absolute Gasteiger partial charge is 0.240 e.